The van der Waals surface area contributed by atoms with Crippen molar-refractivity contribution < 1.29 is 9.59 Å². The molecule has 0 spiro atoms. The Balaban J connectivity index is 1.89. The van der Waals surface area contributed by atoms with Crippen LogP contribution in [0.15, 0.2) is 0 Å². The maximum absolute atomic E-state index is 12.1. The van der Waals surface area contributed by atoms with Crippen LogP contribution in [0.25, 0.3) is 0 Å². The Bertz CT molecular complexity index is 401. The number of unbranched alkanes of at least 4 members (excludes halogenated alkanes) is 9. The molecule has 1 rings (SSSR count). The lowest BCUT2D eigenvalue weighted by molar-refractivity contribution is -0.126. The van der Waals surface area contributed by atoms with Crippen LogP contribution in [-0.4, -0.2) is 30.9 Å². The monoisotopic (exact) mass is 381 g/mol. The Labute approximate surface area is 166 Å². The predicted molar refractivity (Wildman–Crippen MR) is 112 cm³/mol. The summed E-state index contributed by atoms with van der Waals surface area (Å²) in [6.07, 6.45) is 17.3. The van der Waals surface area contributed by atoms with E-state index in [2.05, 4.69) is 17.6 Å². The van der Waals surface area contributed by atoms with Crippen molar-refractivity contribution in [2.24, 2.45) is 11.7 Å². The molecule has 1 aliphatic rings. The lowest BCUT2D eigenvalue weighted by Crippen LogP contribution is -2.44. The van der Waals surface area contributed by atoms with Gasteiger partial charge in [0.05, 0.1) is 5.92 Å². The van der Waals surface area contributed by atoms with Gasteiger partial charge in [0.1, 0.15) is 0 Å². The Morgan fingerprint density at radius 2 is 1.41 bits per heavy atom. The summed E-state index contributed by atoms with van der Waals surface area (Å²) in [7, 11) is 0. The topological polar surface area (TPSA) is 84.2 Å². The van der Waals surface area contributed by atoms with Gasteiger partial charge in [-0.05, 0) is 19.3 Å². The van der Waals surface area contributed by atoms with E-state index in [1.807, 2.05) is 0 Å². The first-order valence-corrected chi connectivity index (χ1v) is 11.4. The van der Waals surface area contributed by atoms with Crippen molar-refractivity contribution in [3.8, 4) is 0 Å². The van der Waals surface area contributed by atoms with Crippen molar-refractivity contribution >= 4 is 11.8 Å². The first-order chi connectivity index (χ1) is 13.1. The maximum atomic E-state index is 12.1. The van der Waals surface area contributed by atoms with E-state index in [1.165, 1.54) is 57.8 Å². The summed E-state index contributed by atoms with van der Waals surface area (Å²) in [6, 6.07) is -0.0242. The van der Waals surface area contributed by atoms with Crippen LogP contribution in [0.5, 0.6) is 0 Å². The van der Waals surface area contributed by atoms with Crippen LogP contribution in [0.4, 0.5) is 0 Å². The van der Waals surface area contributed by atoms with Crippen molar-refractivity contribution in [1.29, 1.82) is 0 Å². The number of amides is 2. The standard InChI is InChI=1S/C22H43N3O2/c1-2-3-4-5-6-7-8-9-10-13-17-24-21(26)16-18-25-22(27)19-14-11-12-15-20(19)23/h19-20H,2-18,23H2,1H3,(H,24,26)(H,25,27)/t19-,20-/m0/s1. The van der Waals surface area contributed by atoms with Crippen molar-refractivity contribution in [2.75, 3.05) is 13.1 Å². The van der Waals surface area contributed by atoms with E-state index in [0.29, 0.717) is 13.0 Å². The average Bonchev–Trinajstić information content (AvgIpc) is 2.66. The van der Waals surface area contributed by atoms with E-state index in [4.69, 9.17) is 5.73 Å². The summed E-state index contributed by atoms with van der Waals surface area (Å²) in [5.41, 5.74) is 6.02. The lowest BCUT2D eigenvalue weighted by atomic mass is 9.84. The summed E-state index contributed by atoms with van der Waals surface area (Å²) >= 11 is 0. The van der Waals surface area contributed by atoms with E-state index in [1.54, 1.807) is 0 Å². The summed E-state index contributed by atoms with van der Waals surface area (Å²) in [5.74, 6) is -0.0303. The molecule has 0 aromatic rings. The normalized spacial score (nSPS) is 19.6. The third kappa shape index (κ3) is 12.1. The molecule has 158 valence electrons. The molecule has 0 heterocycles. The number of hydrogen-bond donors (Lipinski definition) is 3. The molecule has 1 fully saturated rings. The molecule has 27 heavy (non-hydrogen) atoms. The van der Waals surface area contributed by atoms with Gasteiger partial charge in [0.25, 0.3) is 0 Å². The van der Waals surface area contributed by atoms with Gasteiger partial charge in [-0.2, -0.15) is 0 Å². The summed E-state index contributed by atoms with van der Waals surface area (Å²) in [6.45, 7) is 3.41. The van der Waals surface area contributed by atoms with Gasteiger partial charge >= 0.3 is 0 Å². The van der Waals surface area contributed by atoms with Crippen LogP contribution in [0.2, 0.25) is 0 Å². The second-order valence-corrected chi connectivity index (χ2v) is 8.13. The first-order valence-electron chi connectivity index (χ1n) is 11.4. The van der Waals surface area contributed by atoms with Crippen molar-refractivity contribution in [3.05, 3.63) is 0 Å². The second kappa shape index (κ2) is 15.9. The molecule has 4 N–H and O–H groups in total. The Morgan fingerprint density at radius 1 is 0.815 bits per heavy atom. The molecule has 2 atom stereocenters. The van der Waals surface area contributed by atoms with E-state index >= 15 is 0 Å². The largest absolute Gasteiger partial charge is 0.356 e. The highest BCUT2D eigenvalue weighted by atomic mass is 16.2. The molecule has 0 aliphatic heterocycles. The van der Waals surface area contributed by atoms with Gasteiger partial charge in [-0.15, -0.1) is 0 Å². The van der Waals surface area contributed by atoms with Gasteiger partial charge < -0.3 is 16.4 Å². The van der Waals surface area contributed by atoms with Crippen molar-refractivity contribution in [2.45, 2.75) is 109 Å². The zero-order chi connectivity index (χ0) is 19.7. The molecule has 0 bridgehead atoms. The zero-order valence-corrected chi connectivity index (χ0v) is 17.6. The van der Waals surface area contributed by atoms with Crippen LogP contribution < -0.4 is 16.4 Å². The highest BCUT2D eigenvalue weighted by molar-refractivity contribution is 5.81. The van der Waals surface area contributed by atoms with Crippen LogP contribution in [-0.2, 0) is 9.59 Å². The molecular weight excluding hydrogens is 338 g/mol. The SMILES string of the molecule is CCCCCCCCCCCCNC(=O)CCNC(=O)[C@H]1CCCC[C@@H]1N. The quantitative estimate of drug-likeness (QED) is 0.374. The van der Waals surface area contributed by atoms with E-state index in [0.717, 1.165) is 38.6 Å². The molecule has 1 aliphatic carbocycles. The number of carbonyl (C=O) groups is 2. The molecule has 5 heteroatoms. The predicted octanol–water partition coefficient (Wildman–Crippen LogP) is 4.05. The molecule has 0 saturated heterocycles. The summed E-state index contributed by atoms with van der Waals surface area (Å²) in [5, 5.41) is 5.83. The maximum Gasteiger partial charge on any atom is 0.224 e. The molecule has 2 amide bonds. The lowest BCUT2D eigenvalue weighted by Gasteiger charge is -2.27. The van der Waals surface area contributed by atoms with Gasteiger partial charge in [-0.1, -0.05) is 77.6 Å². The van der Waals surface area contributed by atoms with Gasteiger partial charge in [-0.3, -0.25) is 9.59 Å². The third-order valence-corrected chi connectivity index (χ3v) is 5.66. The molecule has 0 unspecified atom stereocenters. The van der Waals surface area contributed by atoms with Crippen molar-refractivity contribution in [3.63, 3.8) is 0 Å². The molecule has 0 radical (unpaired) electrons. The van der Waals surface area contributed by atoms with Crippen LogP contribution in [0, 0.1) is 5.92 Å². The van der Waals surface area contributed by atoms with Crippen LogP contribution in [0.3, 0.4) is 0 Å². The van der Waals surface area contributed by atoms with E-state index < -0.39 is 0 Å². The van der Waals surface area contributed by atoms with E-state index in [9.17, 15) is 9.59 Å². The van der Waals surface area contributed by atoms with Crippen LogP contribution >= 0.6 is 0 Å². The first kappa shape index (κ1) is 23.9. The fourth-order valence-electron chi connectivity index (χ4n) is 3.84. The van der Waals surface area contributed by atoms with Gasteiger partial charge in [0.15, 0.2) is 0 Å². The average molecular weight is 382 g/mol. The van der Waals surface area contributed by atoms with Gasteiger partial charge in [0, 0.05) is 25.6 Å². The second-order valence-electron chi connectivity index (χ2n) is 8.13. The molecule has 0 aromatic heterocycles. The number of carbonyl (C=O) groups excluding carboxylic acids is 2. The molecule has 0 aromatic carbocycles. The highest BCUT2D eigenvalue weighted by Gasteiger charge is 2.27. The number of nitrogens with two attached hydrogens (primary N) is 1. The Kier molecular flexibility index (Phi) is 14.1. The Morgan fingerprint density at radius 3 is 2.04 bits per heavy atom. The minimum Gasteiger partial charge on any atom is -0.356 e. The third-order valence-electron chi connectivity index (χ3n) is 5.66. The van der Waals surface area contributed by atoms with Crippen molar-refractivity contribution in [1.82, 2.24) is 10.6 Å². The molecular formula is C22H43N3O2. The molecule has 5 nitrogen and oxygen atoms in total. The van der Waals surface area contributed by atoms with E-state index in [-0.39, 0.29) is 23.8 Å². The number of nitrogens with one attached hydrogen (secondary N) is 2. The highest BCUT2D eigenvalue weighted by Crippen LogP contribution is 2.22. The fraction of sp³-hybridized carbons (Fsp3) is 0.909. The minimum atomic E-state index is -0.0755. The van der Waals surface area contributed by atoms with Crippen LogP contribution in [0.1, 0.15) is 103 Å². The Hall–Kier alpha value is -1.10. The number of hydrogen-bond acceptors (Lipinski definition) is 3. The fourth-order valence-corrected chi connectivity index (χ4v) is 3.84. The van der Waals surface area contributed by atoms with Gasteiger partial charge in [0.2, 0.25) is 11.8 Å². The molecule has 1 saturated carbocycles. The summed E-state index contributed by atoms with van der Waals surface area (Å²) < 4.78 is 0. The minimum absolute atomic E-state index is 0.0182. The smallest absolute Gasteiger partial charge is 0.224 e. The number of rotatable bonds is 15. The zero-order valence-electron chi connectivity index (χ0n) is 17.6. The summed E-state index contributed by atoms with van der Waals surface area (Å²) in [4.78, 5) is 24.0. The van der Waals surface area contributed by atoms with Gasteiger partial charge in [-0.25, -0.2) is 0 Å².